The fourth-order valence-electron chi connectivity index (χ4n) is 2.63. The van der Waals surface area contributed by atoms with Gasteiger partial charge in [0.25, 0.3) is 10.2 Å². The summed E-state index contributed by atoms with van der Waals surface area (Å²) >= 11 is 0. The standard InChI is InChI=1S/C15H27N3O8/c1-14(2,8-10-24-17(20)21)13(19)26-16-9-6-12(11-25-18(22)23)5-7-15(16,3)4/h12H,5-11H2,1-4H3. The van der Waals surface area contributed by atoms with Gasteiger partial charge >= 0.3 is 5.97 Å². The maximum absolute atomic E-state index is 12.5. The van der Waals surface area contributed by atoms with Crippen LogP contribution in [0.25, 0.3) is 0 Å². The van der Waals surface area contributed by atoms with Gasteiger partial charge in [0.15, 0.2) is 0 Å². The number of carbonyl (C=O) groups excluding carboxylic acids is 1. The Morgan fingerprint density at radius 2 is 1.81 bits per heavy atom. The van der Waals surface area contributed by atoms with Crippen LogP contribution in [0.1, 0.15) is 53.4 Å². The van der Waals surface area contributed by atoms with E-state index in [1.165, 1.54) is 0 Å². The quantitative estimate of drug-likeness (QED) is 0.437. The van der Waals surface area contributed by atoms with E-state index in [0.717, 1.165) is 6.42 Å². The molecule has 1 heterocycles. The first kappa shape index (κ1) is 21.9. The summed E-state index contributed by atoms with van der Waals surface area (Å²) in [7, 11) is 0. The highest BCUT2D eigenvalue weighted by molar-refractivity contribution is 5.75. The van der Waals surface area contributed by atoms with Crippen molar-refractivity contribution in [1.29, 1.82) is 0 Å². The molecular formula is C15H27N3O8. The third-order valence-electron chi connectivity index (χ3n) is 4.67. The molecule has 1 aliphatic rings. The summed E-state index contributed by atoms with van der Waals surface area (Å²) in [5.41, 5.74) is -1.39. The minimum Gasteiger partial charge on any atom is -0.367 e. The van der Waals surface area contributed by atoms with E-state index in [-0.39, 0.29) is 25.6 Å². The van der Waals surface area contributed by atoms with Crippen molar-refractivity contribution in [3.63, 3.8) is 0 Å². The first-order valence-electron chi connectivity index (χ1n) is 8.49. The Bertz CT molecular complexity index is 523. The summed E-state index contributed by atoms with van der Waals surface area (Å²) in [5, 5.41) is 20.5. The molecule has 0 bridgehead atoms. The molecule has 1 unspecified atom stereocenters. The molecule has 0 aromatic carbocycles. The molecule has 1 fully saturated rings. The highest BCUT2D eigenvalue weighted by Gasteiger charge is 2.38. The lowest BCUT2D eigenvalue weighted by Crippen LogP contribution is -2.46. The molecule has 11 nitrogen and oxygen atoms in total. The van der Waals surface area contributed by atoms with Crippen molar-refractivity contribution in [2.75, 3.05) is 19.8 Å². The van der Waals surface area contributed by atoms with Gasteiger partial charge in [0, 0.05) is 6.54 Å². The summed E-state index contributed by atoms with van der Waals surface area (Å²) in [4.78, 5) is 47.4. The molecule has 0 N–H and O–H groups in total. The molecule has 0 spiro atoms. The van der Waals surface area contributed by atoms with Crippen LogP contribution >= 0.6 is 0 Å². The Kier molecular flexibility index (Phi) is 7.54. The SMILES string of the molecule is CC(C)(CCO[N+](=O)[O-])C(=O)ON1CCC(CO[N+](=O)[O-])CCC1(C)C. The lowest BCUT2D eigenvalue weighted by atomic mass is 9.90. The maximum atomic E-state index is 12.5. The normalized spacial score (nSPS) is 20.7. The Morgan fingerprint density at radius 3 is 2.38 bits per heavy atom. The summed E-state index contributed by atoms with van der Waals surface area (Å²) < 4.78 is 0. The van der Waals surface area contributed by atoms with Crippen LogP contribution in [-0.2, 0) is 19.3 Å². The van der Waals surface area contributed by atoms with Crippen molar-refractivity contribution in [3.05, 3.63) is 20.2 Å². The van der Waals surface area contributed by atoms with Crippen LogP contribution in [0.15, 0.2) is 0 Å². The highest BCUT2D eigenvalue weighted by Crippen LogP contribution is 2.32. The molecule has 1 rings (SSSR count). The Hall–Kier alpha value is -2.17. The summed E-state index contributed by atoms with van der Waals surface area (Å²) in [5.74, 6) is -0.498. The lowest BCUT2D eigenvalue weighted by molar-refractivity contribution is -0.759. The second-order valence-corrected chi connectivity index (χ2v) is 7.70. The van der Waals surface area contributed by atoms with Crippen LogP contribution in [0.4, 0.5) is 0 Å². The van der Waals surface area contributed by atoms with Gasteiger partial charge in [-0.2, -0.15) is 0 Å². The molecule has 0 amide bonds. The van der Waals surface area contributed by atoms with E-state index >= 15 is 0 Å². The minimum absolute atomic E-state index is 0.00452. The molecule has 1 saturated heterocycles. The minimum atomic E-state index is -0.952. The zero-order chi connectivity index (χ0) is 20.0. The molecule has 0 aromatic heterocycles. The smallest absolute Gasteiger partial charge is 0.330 e. The van der Waals surface area contributed by atoms with Crippen LogP contribution < -0.4 is 0 Å². The van der Waals surface area contributed by atoms with E-state index in [1.807, 2.05) is 13.8 Å². The van der Waals surface area contributed by atoms with Gasteiger partial charge < -0.3 is 14.5 Å². The number of rotatable bonds is 9. The predicted molar refractivity (Wildman–Crippen MR) is 88.5 cm³/mol. The molecule has 150 valence electrons. The van der Waals surface area contributed by atoms with E-state index in [9.17, 15) is 25.0 Å². The summed E-state index contributed by atoms with van der Waals surface area (Å²) in [6.45, 7) is 7.38. The largest absolute Gasteiger partial charge is 0.367 e. The van der Waals surface area contributed by atoms with E-state index in [1.54, 1.807) is 18.9 Å². The van der Waals surface area contributed by atoms with E-state index < -0.39 is 27.1 Å². The van der Waals surface area contributed by atoms with Crippen LogP contribution in [0.3, 0.4) is 0 Å². The highest BCUT2D eigenvalue weighted by atomic mass is 17.0. The number of carbonyl (C=O) groups is 1. The second kappa shape index (κ2) is 8.97. The fourth-order valence-corrected chi connectivity index (χ4v) is 2.63. The van der Waals surface area contributed by atoms with Crippen molar-refractivity contribution < 1.29 is 29.5 Å². The molecule has 1 aliphatic heterocycles. The molecule has 0 aromatic rings. The van der Waals surface area contributed by atoms with Crippen LogP contribution in [0, 0.1) is 31.6 Å². The first-order chi connectivity index (χ1) is 11.9. The van der Waals surface area contributed by atoms with E-state index in [0.29, 0.717) is 19.4 Å². The van der Waals surface area contributed by atoms with Crippen LogP contribution in [0.2, 0.25) is 0 Å². The van der Waals surface area contributed by atoms with Gasteiger partial charge in [0.1, 0.15) is 0 Å². The molecule has 26 heavy (non-hydrogen) atoms. The Balaban J connectivity index is 2.63. The number of hydroxylamine groups is 2. The van der Waals surface area contributed by atoms with Gasteiger partial charge in [-0.05, 0) is 59.3 Å². The van der Waals surface area contributed by atoms with Gasteiger partial charge in [-0.1, -0.05) is 0 Å². The zero-order valence-corrected chi connectivity index (χ0v) is 15.6. The molecule has 11 heteroatoms. The second-order valence-electron chi connectivity index (χ2n) is 7.70. The molecule has 1 atom stereocenters. The van der Waals surface area contributed by atoms with Crippen molar-refractivity contribution in [2.45, 2.75) is 58.9 Å². The van der Waals surface area contributed by atoms with Gasteiger partial charge in [-0.25, -0.2) is 4.79 Å². The van der Waals surface area contributed by atoms with Gasteiger partial charge in [0.05, 0.1) is 24.2 Å². The summed E-state index contributed by atoms with van der Waals surface area (Å²) in [6, 6.07) is 0. The third-order valence-corrected chi connectivity index (χ3v) is 4.67. The van der Waals surface area contributed by atoms with E-state index in [2.05, 4.69) is 9.68 Å². The summed E-state index contributed by atoms with van der Waals surface area (Å²) in [6.07, 6.45) is 2.13. The topological polar surface area (TPSA) is 134 Å². The van der Waals surface area contributed by atoms with Crippen molar-refractivity contribution in [2.24, 2.45) is 11.3 Å². The molecule has 0 saturated carbocycles. The van der Waals surface area contributed by atoms with Gasteiger partial charge in [-0.15, -0.1) is 25.3 Å². The predicted octanol–water partition coefficient (Wildman–Crippen LogP) is 2.16. The van der Waals surface area contributed by atoms with Crippen molar-refractivity contribution in [3.8, 4) is 0 Å². The Morgan fingerprint density at radius 1 is 1.19 bits per heavy atom. The van der Waals surface area contributed by atoms with Crippen molar-refractivity contribution >= 4 is 5.97 Å². The molecule has 0 aliphatic carbocycles. The van der Waals surface area contributed by atoms with Gasteiger partial charge in [0.2, 0.25) is 0 Å². The van der Waals surface area contributed by atoms with Gasteiger partial charge in [-0.3, -0.25) is 0 Å². The van der Waals surface area contributed by atoms with Crippen LogP contribution in [-0.4, -0.2) is 46.5 Å². The maximum Gasteiger partial charge on any atom is 0.330 e. The fraction of sp³-hybridized carbons (Fsp3) is 0.933. The average molecular weight is 377 g/mol. The third kappa shape index (κ3) is 6.98. The zero-order valence-electron chi connectivity index (χ0n) is 15.6. The average Bonchev–Trinajstić information content (AvgIpc) is 2.64. The number of hydrogen-bond acceptors (Lipinski definition) is 9. The van der Waals surface area contributed by atoms with E-state index in [4.69, 9.17) is 4.84 Å². The van der Waals surface area contributed by atoms with Crippen LogP contribution in [0.5, 0.6) is 0 Å². The molecular weight excluding hydrogens is 350 g/mol. The number of nitrogens with zero attached hydrogens (tertiary/aromatic N) is 3. The van der Waals surface area contributed by atoms with Crippen molar-refractivity contribution in [1.82, 2.24) is 5.06 Å². The Labute approximate surface area is 151 Å². The first-order valence-corrected chi connectivity index (χ1v) is 8.49. The number of hydrogen-bond donors (Lipinski definition) is 0. The molecule has 0 radical (unpaired) electrons. The monoisotopic (exact) mass is 377 g/mol. The lowest BCUT2D eigenvalue weighted by Gasteiger charge is -2.37.